The van der Waals surface area contributed by atoms with E-state index in [0.717, 1.165) is 18.2 Å². The van der Waals surface area contributed by atoms with Gasteiger partial charge in [0.15, 0.2) is 5.16 Å². The van der Waals surface area contributed by atoms with Gasteiger partial charge in [0.25, 0.3) is 0 Å². The van der Waals surface area contributed by atoms with E-state index in [9.17, 15) is 9.18 Å². The van der Waals surface area contributed by atoms with Crippen LogP contribution in [-0.2, 0) is 11.3 Å². The number of aromatic nitrogens is 2. The number of nitrogens with zero attached hydrogens (tertiary/aromatic N) is 2. The van der Waals surface area contributed by atoms with Crippen molar-refractivity contribution in [1.29, 1.82) is 0 Å². The molecule has 21 heavy (non-hydrogen) atoms. The number of hydrogen-bond donors (Lipinski definition) is 1. The number of fused-ring (bicyclic) bond motifs is 1. The van der Waals surface area contributed by atoms with E-state index in [2.05, 4.69) is 34.8 Å². The van der Waals surface area contributed by atoms with Crippen molar-refractivity contribution < 1.29 is 14.3 Å². The molecule has 0 aliphatic rings. The van der Waals surface area contributed by atoms with E-state index in [1.54, 1.807) is 6.07 Å². The molecule has 0 unspecified atom stereocenters. The molecule has 0 aliphatic carbocycles. The van der Waals surface area contributed by atoms with Crippen LogP contribution in [0.1, 0.15) is 20.3 Å². The third kappa shape index (κ3) is 3.97. The summed E-state index contributed by atoms with van der Waals surface area (Å²) in [5, 5.41) is 9.44. The van der Waals surface area contributed by atoms with Crippen LogP contribution in [0.5, 0.6) is 0 Å². The minimum atomic E-state index is -0.894. The smallest absolute Gasteiger partial charge is 0.313 e. The highest BCUT2D eigenvalue weighted by atomic mass is 79.9. The van der Waals surface area contributed by atoms with Crippen molar-refractivity contribution in [3.05, 3.63) is 22.4 Å². The molecule has 0 aliphatic heterocycles. The molecule has 0 saturated heterocycles. The van der Waals surface area contributed by atoms with E-state index in [1.807, 2.05) is 4.57 Å². The first-order valence-electron chi connectivity index (χ1n) is 6.58. The monoisotopic (exact) mass is 374 g/mol. The van der Waals surface area contributed by atoms with Crippen molar-refractivity contribution in [3.8, 4) is 0 Å². The fraction of sp³-hybridized carbons (Fsp3) is 0.429. The van der Waals surface area contributed by atoms with Crippen LogP contribution >= 0.6 is 27.7 Å². The van der Waals surface area contributed by atoms with Crippen LogP contribution < -0.4 is 0 Å². The molecule has 1 N–H and O–H groups in total. The van der Waals surface area contributed by atoms with Gasteiger partial charge in [-0.2, -0.15) is 0 Å². The number of carbonyl (C=O) groups is 1. The van der Waals surface area contributed by atoms with E-state index in [4.69, 9.17) is 5.11 Å². The van der Waals surface area contributed by atoms with Crippen molar-refractivity contribution in [2.75, 3.05) is 5.75 Å². The summed E-state index contributed by atoms with van der Waals surface area (Å²) >= 11 is 4.31. The normalized spacial score (nSPS) is 11.5. The molecule has 0 radical (unpaired) electrons. The van der Waals surface area contributed by atoms with Crippen molar-refractivity contribution in [3.63, 3.8) is 0 Å². The first kappa shape index (κ1) is 16.3. The lowest BCUT2D eigenvalue weighted by Crippen LogP contribution is -2.05. The molecule has 1 heterocycles. The Labute approximate surface area is 134 Å². The Morgan fingerprint density at radius 2 is 2.24 bits per heavy atom. The van der Waals surface area contributed by atoms with E-state index in [0.29, 0.717) is 33.1 Å². The molecule has 0 atom stereocenters. The summed E-state index contributed by atoms with van der Waals surface area (Å²) in [5.41, 5.74) is 1.36. The lowest BCUT2D eigenvalue weighted by atomic mass is 10.1. The zero-order valence-corrected chi connectivity index (χ0v) is 14.2. The second-order valence-corrected chi connectivity index (χ2v) is 6.96. The summed E-state index contributed by atoms with van der Waals surface area (Å²) < 4.78 is 16.0. The first-order chi connectivity index (χ1) is 9.88. The average Bonchev–Trinajstić information content (AvgIpc) is 2.71. The van der Waals surface area contributed by atoms with Crippen molar-refractivity contribution in [2.24, 2.45) is 5.92 Å². The molecule has 4 nitrogen and oxygen atoms in total. The van der Waals surface area contributed by atoms with Gasteiger partial charge in [0.1, 0.15) is 5.82 Å². The lowest BCUT2D eigenvalue weighted by Gasteiger charge is -2.10. The quantitative estimate of drug-likeness (QED) is 0.771. The summed E-state index contributed by atoms with van der Waals surface area (Å²) in [6.45, 7) is 4.91. The largest absolute Gasteiger partial charge is 0.481 e. The van der Waals surface area contributed by atoms with Gasteiger partial charge in [-0.15, -0.1) is 0 Å². The number of hydrogen-bond acceptors (Lipinski definition) is 3. The molecule has 2 rings (SSSR count). The number of imidazole rings is 1. The fourth-order valence-electron chi connectivity index (χ4n) is 1.94. The van der Waals surface area contributed by atoms with E-state index >= 15 is 0 Å². The van der Waals surface area contributed by atoms with Crippen molar-refractivity contribution in [2.45, 2.75) is 32.0 Å². The molecule has 0 fully saturated rings. The highest BCUT2D eigenvalue weighted by molar-refractivity contribution is 9.10. The third-order valence-electron chi connectivity index (χ3n) is 3.01. The SMILES string of the molecule is CC(C)CCn1c(SCC(=O)O)nc2cc(Br)c(F)cc21. The van der Waals surface area contributed by atoms with Crippen molar-refractivity contribution in [1.82, 2.24) is 9.55 Å². The van der Waals surface area contributed by atoms with Gasteiger partial charge in [-0.25, -0.2) is 9.37 Å². The molecule has 1 aromatic carbocycles. The Balaban J connectivity index is 2.43. The van der Waals surface area contributed by atoms with Gasteiger partial charge in [-0.05, 0) is 34.3 Å². The van der Waals surface area contributed by atoms with E-state index < -0.39 is 5.97 Å². The first-order valence-corrected chi connectivity index (χ1v) is 8.36. The molecule has 0 bridgehead atoms. The van der Waals surface area contributed by atoms with Gasteiger partial charge >= 0.3 is 5.97 Å². The number of benzene rings is 1. The highest BCUT2D eigenvalue weighted by Gasteiger charge is 2.15. The number of carboxylic acid groups (broad SMARTS) is 1. The average molecular weight is 375 g/mol. The van der Waals surface area contributed by atoms with Gasteiger partial charge in [0.05, 0.1) is 21.3 Å². The van der Waals surface area contributed by atoms with Gasteiger partial charge in [-0.1, -0.05) is 25.6 Å². The summed E-state index contributed by atoms with van der Waals surface area (Å²) in [5.74, 6) is -0.799. The maximum atomic E-state index is 13.8. The van der Waals surface area contributed by atoms with Crippen LogP contribution in [0.2, 0.25) is 0 Å². The van der Waals surface area contributed by atoms with Crippen LogP contribution in [0.4, 0.5) is 4.39 Å². The summed E-state index contributed by atoms with van der Waals surface area (Å²) in [6, 6.07) is 3.07. The van der Waals surface area contributed by atoms with E-state index in [-0.39, 0.29) is 11.6 Å². The number of carboxylic acids is 1. The minimum Gasteiger partial charge on any atom is -0.481 e. The molecule has 114 valence electrons. The maximum absolute atomic E-state index is 13.8. The molecule has 1 aromatic heterocycles. The van der Waals surface area contributed by atoms with Gasteiger partial charge < -0.3 is 9.67 Å². The Bertz CT molecular complexity index is 673. The number of thioether (sulfide) groups is 1. The van der Waals surface area contributed by atoms with Crippen LogP contribution in [0.3, 0.4) is 0 Å². The molecule has 2 aromatic rings. The van der Waals surface area contributed by atoms with Crippen LogP contribution in [0.15, 0.2) is 21.8 Å². The number of rotatable bonds is 6. The van der Waals surface area contributed by atoms with Crippen LogP contribution in [0.25, 0.3) is 11.0 Å². The molecular formula is C14H16BrFN2O2S. The van der Waals surface area contributed by atoms with Gasteiger partial charge in [0.2, 0.25) is 0 Å². The molecule has 0 spiro atoms. The molecular weight excluding hydrogens is 359 g/mol. The number of aryl methyl sites for hydroxylation is 1. The third-order valence-corrected chi connectivity index (χ3v) is 4.58. The number of halogens is 2. The van der Waals surface area contributed by atoms with E-state index in [1.165, 1.54) is 6.07 Å². The van der Waals surface area contributed by atoms with Gasteiger partial charge in [0, 0.05) is 12.6 Å². The second kappa shape index (κ2) is 6.79. The van der Waals surface area contributed by atoms with Gasteiger partial charge in [-0.3, -0.25) is 4.79 Å². The highest BCUT2D eigenvalue weighted by Crippen LogP contribution is 2.28. The fourth-order valence-corrected chi connectivity index (χ4v) is 3.03. The standard InChI is InChI=1S/C14H16BrFN2O2S/c1-8(2)3-4-18-12-6-10(16)9(15)5-11(12)17-14(18)21-7-13(19)20/h5-6,8H,3-4,7H2,1-2H3,(H,19,20). The van der Waals surface area contributed by atoms with Crippen LogP contribution in [-0.4, -0.2) is 26.4 Å². The summed E-state index contributed by atoms with van der Waals surface area (Å²) in [6.07, 6.45) is 0.920. The minimum absolute atomic E-state index is 0.0609. The Morgan fingerprint density at radius 3 is 2.86 bits per heavy atom. The predicted molar refractivity (Wildman–Crippen MR) is 85.2 cm³/mol. The second-order valence-electron chi connectivity index (χ2n) is 5.17. The molecule has 7 heteroatoms. The molecule has 0 amide bonds. The van der Waals surface area contributed by atoms with Crippen molar-refractivity contribution >= 4 is 44.7 Å². The Hall–Kier alpha value is -1.08. The Kier molecular flexibility index (Phi) is 5.27. The predicted octanol–water partition coefficient (Wildman–Crippen LogP) is 4.16. The zero-order chi connectivity index (χ0) is 15.6. The Morgan fingerprint density at radius 1 is 1.52 bits per heavy atom. The topological polar surface area (TPSA) is 55.1 Å². The lowest BCUT2D eigenvalue weighted by molar-refractivity contribution is -0.133. The maximum Gasteiger partial charge on any atom is 0.313 e. The zero-order valence-electron chi connectivity index (χ0n) is 11.8. The molecule has 0 saturated carbocycles. The van der Waals surface area contributed by atoms with Crippen LogP contribution in [0, 0.1) is 11.7 Å². The number of aliphatic carboxylic acids is 1. The summed E-state index contributed by atoms with van der Waals surface area (Å²) in [7, 11) is 0. The summed E-state index contributed by atoms with van der Waals surface area (Å²) in [4.78, 5) is 15.2.